The van der Waals surface area contributed by atoms with Crippen LogP contribution in [0.3, 0.4) is 0 Å². The minimum absolute atomic E-state index is 0.0414. The molecule has 3 nitrogen and oxygen atoms in total. The van der Waals surface area contributed by atoms with Crippen molar-refractivity contribution in [3.63, 3.8) is 0 Å². The van der Waals surface area contributed by atoms with Crippen LogP contribution in [0, 0.1) is 11.8 Å². The molecule has 0 saturated carbocycles. The van der Waals surface area contributed by atoms with Gasteiger partial charge in [0.05, 0.1) is 12.2 Å². The molecule has 126 valence electrons. The lowest BCUT2D eigenvalue weighted by molar-refractivity contribution is 0.219. The Kier molecular flexibility index (Phi) is 6.28. The second kappa shape index (κ2) is 8.42. The predicted octanol–water partition coefficient (Wildman–Crippen LogP) is 4.35. The second-order valence-corrected chi connectivity index (χ2v) is 6.11. The van der Waals surface area contributed by atoms with E-state index >= 15 is 0 Å². The van der Waals surface area contributed by atoms with Crippen molar-refractivity contribution in [2.24, 2.45) is 0 Å². The van der Waals surface area contributed by atoms with E-state index in [1.165, 1.54) is 0 Å². The van der Waals surface area contributed by atoms with Gasteiger partial charge in [-0.3, -0.25) is 0 Å². The quantitative estimate of drug-likeness (QED) is 0.831. The van der Waals surface area contributed by atoms with Crippen molar-refractivity contribution in [1.82, 2.24) is 0 Å². The standard InChI is InChI=1S/C21H24O3/c1-15(2)23-19-12-18(13-20(14-19)24-16(3)4)21(22)11-10-17-8-6-5-7-9-17/h5-9,12-16,21-22H,1-4H3. The van der Waals surface area contributed by atoms with Gasteiger partial charge in [-0.2, -0.15) is 0 Å². The van der Waals surface area contributed by atoms with E-state index in [1.807, 2.05) is 64.1 Å². The van der Waals surface area contributed by atoms with Crippen molar-refractivity contribution in [2.45, 2.75) is 46.0 Å². The molecule has 0 saturated heterocycles. The summed E-state index contributed by atoms with van der Waals surface area (Å²) in [5, 5.41) is 10.4. The molecule has 0 spiro atoms. The van der Waals surface area contributed by atoms with Crippen LogP contribution in [-0.2, 0) is 0 Å². The molecular formula is C21H24O3. The molecule has 1 N–H and O–H groups in total. The molecule has 0 aromatic heterocycles. The van der Waals surface area contributed by atoms with Gasteiger partial charge in [-0.15, -0.1) is 0 Å². The first-order valence-electron chi connectivity index (χ1n) is 8.17. The molecule has 0 bridgehead atoms. The summed E-state index contributed by atoms with van der Waals surface area (Å²) in [5.74, 6) is 7.18. The van der Waals surface area contributed by atoms with Crippen molar-refractivity contribution in [3.05, 3.63) is 59.7 Å². The fourth-order valence-electron chi connectivity index (χ4n) is 2.19. The van der Waals surface area contributed by atoms with Gasteiger partial charge in [0, 0.05) is 11.6 Å². The summed E-state index contributed by atoms with van der Waals surface area (Å²) in [7, 11) is 0. The summed E-state index contributed by atoms with van der Waals surface area (Å²) in [5.41, 5.74) is 1.53. The first-order valence-corrected chi connectivity index (χ1v) is 8.17. The van der Waals surface area contributed by atoms with Gasteiger partial charge >= 0.3 is 0 Å². The summed E-state index contributed by atoms with van der Waals surface area (Å²) in [6, 6.07) is 15.0. The van der Waals surface area contributed by atoms with Gasteiger partial charge in [-0.25, -0.2) is 0 Å². The third-order valence-electron chi connectivity index (χ3n) is 3.09. The Labute approximate surface area is 144 Å². The van der Waals surface area contributed by atoms with Crippen LogP contribution in [0.5, 0.6) is 11.5 Å². The SMILES string of the molecule is CC(C)Oc1cc(OC(C)C)cc(C(O)C#Cc2ccccc2)c1. The highest BCUT2D eigenvalue weighted by Crippen LogP contribution is 2.28. The van der Waals surface area contributed by atoms with Gasteiger partial charge in [-0.05, 0) is 57.5 Å². The molecular weight excluding hydrogens is 300 g/mol. The highest BCUT2D eigenvalue weighted by molar-refractivity contribution is 5.43. The summed E-state index contributed by atoms with van der Waals surface area (Å²) in [4.78, 5) is 0. The maximum atomic E-state index is 10.4. The molecule has 0 heterocycles. The van der Waals surface area contributed by atoms with Crippen molar-refractivity contribution < 1.29 is 14.6 Å². The molecule has 24 heavy (non-hydrogen) atoms. The number of aliphatic hydroxyl groups excluding tert-OH is 1. The largest absolute Gasteiger partial charge is 0.491 e. The molecule has 2 aromatic carbocycles. The number of aliphatic hydroxyl groups is 1. The normalized spacial score (nSPS) is 11.8. The van der Waals surface area contributed by atoms with Gasteiger partial charge in [0.1, 0.15) is 17.6 Å². The fraction of sp³-hybridized carbons (Fsp3) is 0.333. The Bertz CT molecular complexity index is 681. The highest BCUT2D eigenvalue weighted by atomic mass is 16.5. The Morgan fingerprint density at radius 2 is 1.38 bits per heavy atom. The average Bonchev–Trinajstić information content (AvgIpc) is 2.52. The number of rotatable bonds is 5. The first-order chi connectivity index (χ1) is 11.4. The Morgan fingerprint density at radius 1 is 0.833 bits per heavy atom. The number of hydrogen-bond acceptors (Lipinski definition) is 3. The summed E-state index contributed by atoms with van der Waals surface area (Å²) in [6.45, 7) is 7.84. The first kappa shape index (κ1) is 17.9. The van der Waals surface area contributed by atoms with E-state index in [9.17, 15) is 5.11 Å². The maximum absolute atomic E-state index is 10.4. The van der Waals surface area contributed by atoms with Crippen LogP contribution in [0.4, 0.5) is 0 Å². The number of benzene rings is 2. The molecule has 0 aliphatic heterocycles. The molecule has 0 fully saturated rings. The van der Waals surface area contributed by atoms with Crippen LogP contribution in [-0.4, -0.2) is 17.3 Å². The smallest absolute Gasteiger partial charge is 0.140 e. The van der Waals surface area contributed by atoms with E-state index in [4.69, 9.17) is 9.47 Å². The summed E-state index contributed by atoms with van der Waals surface area (Å²) in [6.07, 6.45) is -0.824. The third kappa shape index (κ3) is 5.64. The monoisotopic (exact) mass is 324 g/mol. The highest BCUT2D eigenvalue weighted by Gasteiger charge is 2.11. The Morgan fingerprint density at radius 3 is 1.88 bits per heavy atom. The minimum atomic E-state index is -0.907. The lowest BCUT2D eigenvalue weighted by atomic mass is 10.1. The van der Waals surface area contributed by atoms with E-state index in [1.54, 1.807) is 12.1 Å². The summed E-state index contributed by atoms with van der Waals surface area (Å²) >= 11 is 0. The van der Waals surface area contributed by atoms with E-state index in [-0.39, 0.29) is 12.2 Å². The van der Waals surface area contributed by atoms with E-state index < -0.39 is 6.10 Å². The Balaban J connectivity index is 2.28. The Hall–Kier alpha value is -2.44. The maximum Gasteiger partial charge on any atom is 0.140 e. The second-order valence-electron chi connectivity index (χ2n) is 6.11. The van der Waals surface area contributed by atoms with Crippen LogP contribution in [0.25, 0.3) is 0 Å². The third-order valence-corrected chi connectivity index (χ3v) is 3.09. The van der Waals surface area contributed by atoms with Crippen LogP contribution < -0.4 is 9.47 Å². The van der Waals surface area contributed by atoms with Crippen molar-refractivity contribution >= 4 is 0 Å². The van der Waals surface area contributed by atoms with Crippen molar-refractivity contribution in [2.75, 3.05) is 0 Å². The topological polar surface area (TPSA) is 38.7 Å². The number of ether oxygens (including phenoxy) is 2. The number of hydrogen-bond donors (Lipinski definition) is 1. The molecule has 1 unspecified atom stereocenters. The van der Waals surface area contributed by atoms with E-state index in [2.05, 4.69) is 11.8 Å². The molecule has 3 heteroatoms. The van der Waals surface area contributed by atoms with Crippen LogP contribution in [0.15, 0.2) is 48.5 Å². The predicted molar refractivity (Wildman–Crippen MR) is 96.2 cm³/mol. The lowest BCUT2D eigenvalue weighted by Crippen LogP contribution is -2.09. The molecule has 1 atom stereocenters. The van der Waals surface area contributed by atoms with Crippen molar-refractivity contribution in [3.8, 4) is 23.3 Å². The zero-order valence-corrected chi connectivity index (χ0v) is 14.6. The lowest BCUT2D eigenvalue weighted by Gasteiger charge is -2.16. The van der Waals surface area contributed by atoms with Crippen molar-refractivity contribution in [1.29, 1.82) is 0 Å². The molecule has 2 aromatic rings. The summed E-state index contributed by atoms with van der Waals surface area (Å²) < 4.78 is 11.5. The van der Waals surface area contributed by atoms with Gasteiger partial charge in [-0.1, -0.05) is 30.0 Å². The van der Waals surface area contributed by atoms with Crippen LogP contribution >= 0.6 is 0 Å². The fourth-order valence-corrected chi connectivity index (χ4v) is 2.19. The molecule has 0 aliphatic rings. The van der Waals surface area contributed by atoms with Crippen LogP contribution in [0.2, 0.25) is 0 Å². The zero-order valence-electron chi connectivity index (χ0n) is 14.6. The average molecular weight is 324 g/mol. The molecule has 0 amide bonds. The minimum Gasteiger partial charge on any atom is -0.491 e. The van der Waals surface area contributed by atoms with Gasteiger partial charge in [0.25, 0.3) is 0 Å². The van der Waals surface area contributed by atoms with E-state index in [0.717, 1.165) is 5.56 Å². The molecule has 2 rings (SSSR count). The molecule has 0 radical (unpaired) electrons. The molecule has 0 aliphatic carbocycles. The van der Waals surface area contributed by atoms with Gasteiger partial charge in [0.2, 0.25) is 0 Å². The van der Waals surface area contributed by atoms with Crippen LogP contribution in [0.1, 0.15) is 44.9 Å². The van der Waals surface area contributed by atoms with Gasteiger partial charge in [0.15, 0.2) is 0 Å². The van der Waals surface area contributed by atoms with E-state index in [0.29, 0.717) is 17.1 Å². The zero-order chi connectivity index (χ0) is 17.5. The van der Waals surface area contributed by atoms with Gasteiger partial charge < -0.3 is 14.6 Å².